The van der Waals surface area contributed by atoms with Crippen LogP contribution in [-0.4, -0.2) is 7.05 Å². The van der Waals surface area contributed by atoms with Crippen molar-refractivity contribution in [2.24, 2.45) is 0 Å². The van der Waals surface area contributed by atoms with Crippen LogP contribution in [0, 0.1) is 6.92 Å². The van der Waals surface area contributed by atoms with Crippen molar-refractivity contribution in [3.05, 3.63) is 28.2 Å². The molecule has 0 spiro atoms. The highest BCUT2D eigenvalue weighted by Gasteiger charge is 1.96. The summed E-state index contributed by atoms with van der Waals surface area (Å²) in [4.78, 5) is 0. The molecule has 1 aromatic carbocycles. The molecule has 0 saturated carbocycles. The SMILES string of the molecule is CNc1cccc(Br)c1C.Cl. The Morgan fingerprint density at radius 3 is 2.45 bits per heavy atom. The van der Waals surface area contributed by atoms with Crippen LogP contribution in [0.25, 0.3) is 0 Å². The number of hydrogen-bond acceptors (Lipinski definition) is 1. The van der Waals surface area contributed by atoms with Gasteiger partial charge in [0, 0.05) is 17.2 Å². The summed E-state index contributed by atoms with van der Waals surface area (Å²) < 4.78 is 1.15. The summed E-state index contributed by atoms with van der Waals surface area (Å²) in [5, 5.41) is 3.11. The third-order valence-electron chi connectivity index (χ3n) is 1.54. The van der Waals surface area contributed by atoms with Gasteiger partial charge in [-0.25, -0.2) is 0 Å². The zero-order valence-corrected chi connectivity index (χ0v) is 8.92. The fourth-order valence-electron chi connectivity index (χ4n) is 0.878. The van der Waals surface area contributed by atoms with E-state index in [4.69, 9.17) is 0 Å². The molecule has 0 atom stereocenters. The molecular formula is C8H11BrClN. The average Bonchev–Trinajstić information content (AvgIpc) is 1.95. The van der Waals surface area contributed by atoms with Gasteiger partial charge < -0.3 is 5.32 Å². The van der Waals surface area contributed by atoms with E-state index in [0.717, 1.165) is 4.47 Å². The summed E-state index contributed by atoms with van der Waals surface area (Å²) in [6.07, 6.45) is 0. The summed E-state index contributed by atoms with van der Waals surface area (Å²) in [6, 6.07) is 6.11. The van der Waals surface area contributed by atoms with Gasteiger partial charge in [0.15, 0.2) is 0 Å². The zero-order valence-electron chi connectivity index (χ0n) is 6.52. The van der Waals surface area contributed by atoms with Gasteiger partial charge in [-0.15, -0.1) is 12.4 Å². The first-order valence-corrected chi connectivity index (χ1v) is 3.98. The zero-order chi connectivity index (χ0) is 7.56. The second-order valence-electron chi connectivity index (χ2n) is 2.16. The minimum absolute atomic E-state index is 0. The van der Waals surface area contributed by atoms with Crippen LogP contribution in [0.2, 0.25) is 0 Å². The van der Waals surface area contributed by atoms with Crippen LogP contribution in [0.1, 0.15) is 5.56 Å². The lowest BCUT2D eigenvalue weighted by Gasteiger charge is -2.04. The molecule has 0 aliphatic rings. The van der Waals surface area contributed by atoms with Crippen LogP contribution in [0.4, 0.5) is 5.69 Å². The lowest BCUT2D eigenvalue weighted by molar-refractivity contribution is 1.38. The van der Waals surface area contributed by atoms with Gasteiger partial charge in [-0.05, 0) is 24.6 Å². The van der Waals surface area contributed by atoms with Gasteiger partial charge in [0.05, 0.1) is 0 Å². The second kappa shape index (κ2) is 4.62. The van der Waals surface area contributed by atoms with E-state index >= 15 is 0 Å². The molecule has 0 bridgehead atoms. The molecular weight excluding hydrogens is 225 g/mol. The van der Waals surface area contributed by atoms with Crippen molar-refractivity contribution in [2.75, 3.05) is 12.4 Å². The smallest absolute Gasteiger partial charge is 0.0378 e. The summed E-state index contributed by atoms with van der Waals surface area (Å²) in [6.45, 7) is 2.08. The highest BCUT2D eigenvalue weighted by Crippen LogP contribution is 2.22. The maximum atomic E-state index is 3.45. The molecule has 11 heavy (non-hydrogen) atoms. The van der Waals surface area contributed by atoms with Crippen molar-refractivity contribution in [2.45, 2.75) is 6.92 Å². The van der Waals surface area contributed by atoms with E-state index < -0.39 is 0 Å². The van der Waals surface area contributed by atoms with Gasteiger partial charge >= 0.3 is 0 Å². The third-order valence-corrected chi connectivity index (χ3v) is 2.40. The van der Waals surface area contributed by atoms with Gasteiger partial charge in [0.25, 0.3) is 0 Å². The summed E-state index contributed by atoms with van der Waals surface area (Å²) in [7, 11) is 1.93. The number of halogens is 2. The molecule has 0 saturated heterocycles. The molecule has 0 amide bonds. The highest BCUT2D eigenvalue weighted by molar-refractivity contribution is 9.10. The van der Waals surface area contributed by atoms with E-state index in [1.807, 2.05) is 19.2 Å². The topological polar surface area (TPSA) is 12.0 Å². The second-order valence-corrected chi connectivity index (χ2v) is 3.02. The van der Waals surface area contributed by atoms with Crippen LogP contribution in [-0.2, 0) is 0 Å². The molecule has 1 nitrogen and oxygen atoms in total. The molecule has 0 aromatic heterocycles. The van der Waals surface area contributed by atoms with Crippen molar-refractivity contribution in [1.29, 1.82) is 0 Å². The Balaban J connectivity index is 0.000001000. The van der Waals surface area contributed by atoms with Crippen LogP contribution in [0.3, 0.4) is 0 Å². The molecule has 0 radical (unpaired) electrons. The summed E-state index contributed by atoms with van der Waals surface area (Å²) in [5.41, 5.74) is 2.43. The molecule has 0 aliphatic heterocycles. The van der Waals surface area contributed by atoms with Gasteiger partial charge in [0.1, 0.15) is 0 Å². The Morgan fingerprint density at radius 2 is 2.00 bits per heavy atom. The Bertz CT molecular complexity index is 238. The first kappa shape index (κ1) is 10.8. The standard InChI is InChI=1S/C8H10BrN.ClH/c1-6-7(9)4-3-5-8(6)10-2;/h3-5,10H,1-2H3;1H. The van der Waals surface area contributed by atoms with Crippen LogP contribution in [0.15, 0.2) is 22.7 Å². The first-order chi connectivity index (χ1) is 4.75. The summed E-state index contributed by atoms with van der Waals surface area (Å²) in [5.74, 6) is 0. The number of benzene rings is 1. The van der Waals surface area contributed by atoms with Crippen molar-refractivity contribution >= 4 is 34.0 Å². The van der Waals surface area contributed by atoms with Gasteiger partial charge in [0.2, 0.25) is 0 Å². The Labute approximate surface area is 81.7 Å². The number of hydrogen-bond donors (Lipinski definition) is 1. The predicted molar refractivity (Wildman–Crippen MR) is 55.7 cm³/mol. The van der Waals surface area contributed by atoms with Gasteiger partial charge in [-0.1, -0.05) is 22.0 Å². The van der Waals surface area contributed by atoms with E-state index in [1.165, 1.54) is 11.3 Å². The van der Waals surface area contributed by atoms with Crippen molar-refractivity contribution in [3.8, 4) is 0 Å². The van der Waals surface area contributed by atoms with E-state index in [9.17, 15) is 0 Å². The molecule has 1 rings (SSSR count). The fraction of sp³-hybridized carbons (Fsp3) is 0.250. The first-order valence-electron chi connectivity index (χ1n) is 3.18. The van der Waals surface area contributed by atoms with Crippen molar-refractivity contribution < 1.29 is 0 Å². The number of anilines is 1. The summed E-state index contributed by atoms with van der Waals surface area (Å²) >= 11 is 3.45. The largest absolute Gasteiger partial charge is 0.388 e. The molecule has 1 N–H and O–H groups in total. The van der Waals surface area contributed by atoms with E-state index in [-0.39, 0.29) is 12.4 Å². The Kier molecular flexibility index (Phi) is 4.54. The van der Waals surface area contributed by atoms with Crippen LogP contribution in [0.5, 0.6) is 0 Å². The van der Waals surface area contributed by atoms with E-state index in [2.05, 4.69) is 34.2 Å². The van der Waals surface area contributed by atoms with Gasteiger partial charge in [-0.2, -0.15) is 0 Å². The molecule has 0 heterocycles. The maximum Gasteiger partial charge on any atom is 0.0378 e. The van der Waals surface area contributed by atoms with E-state index in [1.54, 1.807) is 0 Å². The van der Waals surface area contributed by atoms with Crippen LogP contribution >= 0.6 is 28.3 Å². The fourth-order valence-corrected chi connectivity index (χ4v) is 1.24. The average molecular weight is 237 g/mol. The molecule has 3 heteroatoms. The van der Waals surface area contributed by atoms with Gasteiger partial charge in [-0.3, -0.25) is 0 Å². The lowest BCUT2D eigenvalue weighted by atomic mass is 10.2. The maximum absolute atomic E-state index is 3.45. The van der Waals surface area contributed by atoms with Crippen LogP contribution < -0.4 is 5.32 Å². The predicted octanol–water partition coefficient (Wildman–Crippen LogP) is 3.22. The lowest BCUT2D eigenvalue weighted by Crippen LogP contribution is -1.90. The number of nitrogens with one attached hydrogen (secondary N) is 1. The Hall–Kier alpha value is -0.210. The minimum Gasteiger partial charge on any atom is -0.388 e. The molecule has 1 aromatic rings. The molecule has 0 unspecified atom stereocenters. The normalized spacial score (nSPS) is 8.64. The highest BCUT2D eigenvalue weighted by atomic mass is 79.9. The molecule has 62 valence electrons. The van der Waals surface area contributed by atoms with Crippen molar-refractivity contribution in [1.82, 2.24) is 0 Å². The van der Waals surface area contributed by atoms with Crippen molar-refractivity contribution in [3.63, 3.8) is 0 Å². The van der Waals surface area contributed by atoms with E-state index in [0.29, 0.717) is 0 Å². The Morgan fingerprint density at radius 1 is 1.36 bits per heavy atom. The molecule has 0 aliphatic carbocycles. The number of rotatable bonds is 1. The minimum atomic E-state index is 0. The monoisotopic (exact) mass is 235 g/mol. The molecule has 0 fully saturated rings. The quantitative estimate of drug-likeness (QED) is 0.789. The third kappa shape index (κ3) is 2.38.